The zero-order chi connectivity index (χ0) is 19.7. The number of nitrogens with zero attached hydrogens (tertiary/aromatic N) is 1. The maximum absolute atomic E-state index is 11.8. The third kappa shape index (κ3) is 3.70. The maximum Gasteiger partial charge on any atom is 0.251 e. The molecule has 0 saturated carbocycles. The van der Waals surface area contributed by atoms with E-state index < -0.39 is 5.91 Å². The summed E-state index contributed by atoms with van der Waals surface area (Å²) in [6, 6.07) is 6.10. The summed E-state index contributed by atoms with van der Waals surface area (Å²) in [6.45, 7) is 6.41. The predicted octanol–water partition coefficient (Wildman–Crippen LogP) is 1.55. The highest BCUT2D eigenvalue weighted by Gasteiger charge is 2.23. The van der Waals surface area contributed by atoms with Crippen molar-refractivity contribution < 1.29 is 19.2 Å². The smallest absolute Gasteiger partial charge is 0.251 e. The van der Waals surface area contributed by atoms with Crippen LogP contribution in [0.4, 0.5) is 0 Å². The van der Waals surface area contributed by atoms with E-state index in [1.54, 1.807) is 14.2 Å². The molecule has 6 nitrogen and oxygen atoms in total. The number of carbonyl (C=O) groups excluding carboxylic acids is 1. The molecular formula is C20H26N3O3S+. The van der Waals surface area contributed by atoms with Crippen molar-refractivity contribution >= 4 is 18.1 Å². The Hall–Kier alpha value is -2.38. The number of aryl methyl sites for hydroxylation is 2. The van der Waals surface area contributed by atoms with Crippen molar-refractivity contribution in [2.45, 2.75) is 33.5 Å². The molecule has 0 spiro atoms. The van der Waals surface area contributed by atoms with E-state index in [4.69, 9.17) is 27.4 Å². The van der Waals surface area contributed by atoms with Gasteiger partial charge in [-0.1, -0.05) is 12.2 Å². The van der Waals surface area contributed by atoms with Gasteiger partial charge >= 0.3 is 0 Å². The lowest BCUT2D eigenvalue weighted by Gasteiger charge is -2.28. The van der Waals surface area contributed by atoms with E-state index in [0.29, 0.717) is 16.9 Å². The van der Waals surface area contributed by atoms with Gasteiger partial charge in [0.2, 0.25) is 0 Å². The van der Waals surface area contributed by atoms with E-state index in [9.17, 15) is 4.79 Å². The minimum Gasteiger partial charge on any atom is -0.493 e. The summed E-state index contributed by atoms with van der Waals surface area (Å²) < 4.78 is 13.4. The first-order chi connectivity index (χ1) is 12.8. The van der Waals surface area contributed by atoms with Gasteiger partial charge in [0.15, 0.2) is 18.2 Å². The molecule has 3 rings (SSSR count). The van der Waals surface area contributed by atoms with Crippen LogP contribution in [0.5, 0.6) is 11.5 Å². The van der Waals surface area contributed by atoms with Gasteiger partial charge in [0.1, 0.15) is 11.2 Å². The van der Waals surface area contributed by atoms with E-state index in [1.807, 2.05) is 24.5 Å². The van der Waals surface area contributed by atoms with Crippen LogP contribution in [-0.2, 0) is 19.6 Å². The average molecular weight is 389 g/mol. The molecule has 1 aliphatic rings. The molecule has 1 atom stereocenters. The fourth-order valence-electron chi connectivity index (χ4n) is 3.81. The molecular weight excluding hydrogens is 362 g/mol. The summed E-state index contributed by atoms with van der Waals surface area (Å²) in [4.78, 5) is 13.2. The largest absolute Gasteiger partial charge is 0.493 e. The van der Waals surface area contributed by atoms with Crippen LogP contribution < -0.4 is 20.1 Å². The molecule has 1 aromatic heterocycles. The molecule has 0 fully saturated rings. The number of benzene rings is 1. The lowest BCUT2D eigenvalue weighted by atomic mass is 9.99. The Morgan fingerprint density at radius 2 is 1.81 bits per heavy atom. The molecule has 27 heavy (non-hydrogen) atoms. The molecule has 1 aliphatic heterocycles. The Balaban J connectivity index is 1.90. The van der Waals surface area contributed by atoms with Gasteiger partial charge in [-0.25, -0.2) is 0 Å². The average Bonchev–Trinajstić information content (AvgIpc) is 2.63. The van der Waals surface area contributed by atoms with Crippen LogP contribution in [0.1, 0.15) is 32.7 Å². The van der Waals surface area contributed by atoms with Crippen molar-refractivity contribution in [2.24, 2.45) is 5.73 Å². The molecule has 3 N–H and O–H groups in total. The third-order valence-corrected chi connectivity index (χ3v) is 5.65. The zero-order valence-corrected chi connectivity index (χ0v) is 17.0. The lowest BCUT2D eigenvalue weighted by molar-refractivity contribution is -0.938. The summed E-state index contributed by atoms with van der Waals surface area (Å²) in [6.07, 6.45) is 0.950. The fourth-order valence-corrected chi connectivity index (χ4v) is 4.28. The molecule has 0 bridgehead atoms. The van der Waals surface area contributed by atoms with Gasteiger partial charge in [-0.15, -0.1) is 0 Å². The number of methoxy groups -OCH3 is 2. The van der Waals surface area contributed by atoms with Gasteiger partial charge in [-0.05, 0) is 43.2 Å². The molecule has 1 aromatic carbocycles. The van der Waals surface area contributed by atoms with Gasteiger partial charge in [-0.2, -0.15) is 0 Å². The number of rotatable bonds is 5. The molecule has 2 heterocycles. The predicted molar refractivity (Wildman–Crippen MR) is 106 cm³/mol. The summed E-state index contributed by atoms with van der Waals surface area (Å²) in [5.41, 5.74) is 10.4. The number of fused-ring (bicyclic) bond motifs is 1. The zero-order valence-electron chi connectivity index (χ0n) is 16.2. The van der Waals surface area contributed by atoms with Gasteiger partial charge in [0.05, 0.1) is 26.3 Å². The number of primary amides is 1. The number of amides is 1. The number of pyridine rings is 1. The number of hydrogen-bond acceptors (Lipinski definition) is 4. The standard InChI is InChI=1S/C20H25N3O3S/c1-12-7-13(2)23(20(27)18(12)19(21)24)11-22-6-5-14-8-16(25-3)17(26-4)9-15(14)10-22/h7-9H,5-6,10-11H2,1-4H3,(H2,21,24)/p+1. The van der Waals surface area contributed by atoms with Crippen molar-refractivity contribution in [3.63, 3.8) is 0 Å². The van der Waals surface area contributed by atoms with Crippen LogP contribution in [-0.4, -0.2) is 31.2 Å². The monoisotopic (exact) mass is 388 g/mol. The van der Waals surface area contributed by atoms with E-state index in [1.165, 1.54) is 16.0 Å². The first kappa shape index (κ1) is 19.4. The van der Waals surface area contributed by atoms with Crippen LogP contribution in [0.25, 0.3) is 0 Å². The topological polar surface area (TPSA) is 70.9 Å². The highest BCUT2D eigenvalue weighted by molar-refractivity contribution is 7.71. The number of ether oxygens (including phenoxy) is 2. The third-order valence-electron chi connectivity index (χ3n) is 5.23. The van der Waals surface area contributed by atoms with E-state index >= 15 is 0 Å². The van der Waals surface area contributed by atoms with Crippen molar-refractivity contribution in [1.29, 1.82) is 0 Å². The molecule has 0 radical (unpaired) electrons. The summed E-state index contributed by atoms with van der Waals surface area (Å²) in [7, 11) is 3.31. The van der Waals surface area contributed by atoms with Gasteiger partial charge in [-0.3, -0.25) is 9.36 Å². The van der Waals surface area contributed by atoms with Crippen molar-refractivity contribution in [1.82, 2.24) is 4.57 Å². The minimum absolute atomic E-state index is 0.443. The van der Waals surface area contributed by atoms with E-state index in [2.05, 4.69) is 12.1 Å². The van der Waals surface area contributed by atoms with Crippen molar-refractivity contribution in [2.75, 3.05) is 20.8 Å². The molecule has 2 aromatic rings. The van der Waals surface area contributed by atoms with Crippen molar-refractivity contribution in [3.05, 3.63) is 50.8 Å². The Morgan fingerprint density at radius 1 is 1.19 bits per heavy atom. The van der Waals surface area contributed by atoms with Crippen LogP contribution in [0.2, 0.25) is 0 Å². The molecule has 1 unspecified atom stereocenters. The number of hydrogen-bond donors (Lipinski definition) is 2. The Kier molecular flexibility index (Phi) is 5.53. The van der Waals surface area contributed by atoms with Crippen LogP contribution in [0, 0.1) is 18.5 Å². The van der Waals surface area contributed by atoms with Crippen LogP contribution >= 0.6 is 12.2 Å². The van der Waals surface area contributed by atoms with Gasteiger partial charge in [0.25, 0.3) is 5.91 Å². The SMILES string of the molecule is COc1cc2c(cc1OC)C[NH+](Cn1c(C)cc(C)c(C(N)=O)c1=S)CC2. The lowest BCUT2D eigenvalue weighted by Crippen LogP contribution is -3.11. The Labute approximate surface area is 164 Å². The first-order valence-electron chi connectivity index (χ1n) is 8.93. The van der Waals surface area contributed by atoms with Gasteiger partial charge < -0.3 is 20.1 Å². The Bertz CT molecular complexity index is 952. The number of nitrogens with one attached hydrogen (secondary N) is 1. The maximum atomic E-state index is 11.8. The summed E-state index contributed by atoms with van der Waals surface area (Å²) in [5, 5.41) is 0. The number of aromatic nitrogens is 1. The number of quaternary nitrogens is 1. The molecule has 7 heteroatoms. The van der Waals surface area contributed by atoms with E-state index in [0.717, 1.165) is 42.3 Å². The first-order valence-corrected chi connectivity index (χ1v) is 9.34. The second-order valence-corrected chi connectivity index (χ2v) is 7.39. The van der Waals surface area contributed by atoms with Crippen LogP contribution in [0.3, 0.4) is 0 Å². The van der Waals surface area contributed by atoms with Crippen LogP contribution in [0.15, 0.2) is 18.2 Å². The molecule has 0 aliphatic carbocycles. The second kappa shape index (κ2) is 7.70. The minimum atomic E-state index is -0.470. The normalized spacial score (nSPS) is 15.9. The van der Waals surface area contributed by atoms with Crippen molar-refractivity contribution in [3.8, 4) is 11.5 Å². The summed E-state index contributed by atoms with van der Waals surface area (Å²) in [5.74, 6) is 1.04. The Morgan fingerprint density at radius 3 is 2.41 bits per heavy atom. The fraction of sp³-hybridized carbons (Fsp3) is 0.400. The summed E-state index contributed by atoms with van der Waals surface area (Å²) >= 11 is 5.57. The molecule has 144 valence electrons. The highest BCUT2D eigenvalue weighted by Crippen LogP contribution is 2.31. The molecule has 0 saturated heterocycles. The number of carbonyl (C=O) groups is 1. The molecule has 1 amide bonds. The van der Waals surface area contributed by atoms with Gasteiger partial charge in [0, 0.05) is 17.7 Å². The van der Waals surface area contributed by atoms with E-state index in [-0.39, 0.29) is 0 Å². The number of nitrogens with two attached hydrogens (primary N) is 1. The second-order valence-electron chi connectivity index (χ2n) is 7.00. The highest BCUT2D eigenvalue weighted by atomic mass is 32.1. The quantitative estimate of drug-likeness (QED) is 0.763.